The van der Waals surface area contributed by atoms with Gasteiger partial charge in [0.2, 0.25) is 0 Å². The van der Waals surface area contributed by atoms with E-state index in [9.17, 15) is 4.79 Å². The van der Waals surface area contributed by atoms with Crippen molar-refractivity contribution in [2.75, 3.05) is 6.61 Å². The molecule has 0 spiro atoms. The minimum atomic E-state index is -0.183. The SMILES string of the molecule is Cc1cc(C#CCO)cc(C(=O)NC2CC3CCC2O3)c1. The summed E-state index contributed by atoms with van der Waals surface area (Å²) in [4.78, 5) is 12.4. The normalized spacial score (nSPS) is 26.3. The highest BCUT2D eigenvalue weighted by molar-refractivity contribution is 5.95. The van der Waals surface area contributed by atoms with Gasteiger partial charge in [-0.15, -0.1) is 0 Å². The molecule has 2 saturated heterocycles. The van der Waals surface area contributed by atoms with Gasteiger partial charge < -0.3 is 15.2 Å². The van der Waals surface area contributed by atoms with Gasteiger partial charge in [-0.05, 0) is 49.9 Å². The van der Waals surface area contributed by atoms with Crippen LogP contribution in [0.3, 0.4) is 0 Å². The molecule has 4 nitrogen and oxygen atoms in total. The Labute approximate surface area is 124 Å². The minimum absolute atomic E-state index is 0.0769. The standard InChI is InChI=1S/C17H19NO3/c1-11-7-12(3-2-6-19)9-13(8-11)17(20)18-15-10-14-4-5-16(15)21-14/h7-9,14-16,19H,4-6,10H2,1H3,(H,18,20). The third-order valence-corrected chi connectivity index (χ3v) is 4.07. The zero-order valence-corrected chi connectivity index (χ0v) is 12.1. The van der Waals surface area contributed by atoms with Gasteiger partial charge in [0.1, 0.15) is 6.61 Å². The number of aliphatic hydroxyl groups is 1. The molecule has 0 aromatic heterocycles. The molecule has 1 aromatic rings. The van der Waals surface area contributed by atoms with Gasteiger partial charge in [0.15, 0.2) is 0 Å². The lowest BCUT2D eigenvalue weighted by molar-refractivity contribution is 0.0841. The van der Waals surface area contributed by atoms with Gasteiger partial charge in [-0.1, -0.05) is 11.8 Å². The Bertz CT molecular complexity index is 614. The summed E-state index contributed by atoms with van der Waals surface area (Å²) in [7, 11) is 0. The molecule has 2 bridgehead atoms. The fourth-order valence-electron chi connectivity index (χ4n) is 3.17. The van der Waals surface area contributed by atoms with E-state index < -0.39 is 0 Å². The van der Waals surface area contributed by atoms with E-state index in [2.05, 4.69) is 17.2 Å². The van der Waals surface area contributed by atoms with E-state index in [0.717, 1.165) is 30.4 Å². The van der Waals surface area contributed by atoms with Crippen molar-refractivity contribution < 1.29 is 14.6 Å². The zero-order chi connectivity index (χ0) is 14.8. The van der Waals surface area contributed by atoms with E-state index in [0.29, 0.717) is 11.7 Å². The van der Waals surface area contributed by atoms with Crippen LogP contribution in [0.1, 0.15) is 40.7 Å². The summed E-state index contributed by atoms with van der Waals surface area (Å²) in [5.41, 5.74) is 2.34. The van der Waals surface area contributed by atoms with Crippen LogP contribution in [-0.4, -0.2) is 35.9 Å². The summed E-state index contributed by atoms with van der Waals surface area (Å²) in [5.74, 6) is 5.38. The van der Waals surface area contributed by atoms with Crippen molar-refractivity contribution >= 4 is 5.91 Å². The Hall–Kier alpha value is -1.83. The summed E-state index contributed by atoms with van der Waals surface area (Å²) in [6, 6.07) is 5.65. The molecule has 4 heteroatoms. The largest absolute Gasteiger partial charge is 0.384 e. The number of aliphatic hydroxyl groups excluding tert-OH is 1. The van der Waals surface area contributed by atoms with Crippen molar-refractivity contribution in [1.82, 2.24) is 5.32 Å². The third-order valence-electron chi connectivity index (χ3n) is 4.07. The van der Waals surface area contributed by atoms with Crippen LogP contribution in [-0.2, 0) is 4.74 Å². The lowest BCUT2D eigenvalue weighted by Crippen LogP contribution is -2.41. The van der Waals surface area contributed by atoms with Crippen molar-refractivity contribution in [3.05, 3.63) is 34.9 Å². The Kier molecular flexibility index (Phi) is 3.96. The van der Waals surface area contributed by atoms with Crippen molar-refractivity contribution in [1.29, 1.82) is 0 Å². The molecule has 0 radical (unpaired) electrons. The quantitative estimate of drug-likeness (QED) is 0.807. The maximum atomic E-state index is 12.4. The van der Waals surface area contributed by atoms with E-state index in [1.807, 2.05) is 19.1 Å². The average Bonchev–Trinajstić information content (AvgIpc) is 3.07. The van der Waals surface area contributed by atoms with Crippen LogP contribution in [0.15, 0.2) is 18.2 Å². The van der Waals surface area contributed by atoms with Gasteiger partial charge in [-0.25, -0.2) is 0 Å². The van der Waals surface area contributed by atoms with Crippen LogP contribution < -0.4 is 5.32 Å². The van der Waals surface area contributed by atoms with E-state index >= 15 is 0 Å². The molecule has 2 aliphatic heterocycles. The van der Waals surface area contributed by atoms with Gasteiger partial charge in [-0.3, -0.25) is 4.79 Å². The molecule has 2 N–H and O–H groups in total. The number of aryl methyl sites for hydroxylation is 1. The molecule has 3 unspecified atom stereocenters. The van der Waals surface area contributed by atoms with Crippen molar-refractivity contribution in [2.45, 2.75) is 44.4 Å². The number of benzene rings is 1. The molecule has 3 rings (SSSR count). The molecule has 0 aliphatic carbocycles. The molecule has 21 heavy (non-hydrogen) atoms. The summed E-state index contributed by atoms with van der Waals surface area (Å²) >= 11 is 0. The fraction of sp³-hybridized carbons (Fsp3) is 0.471. The van der Waals surface area contributed by atoms with Crippen LogP contribution in [0, 0.1) is 18.8 Å². The van der Waals surface area contributed by atoms with E-state index in [1.54, 1.807) is 6.07 Å². The molecule has 110 valence electrons. The number of hydrogen-bond donors (Lipinski definition) is 2. The summed E-state index contributed by atoms with van der Waals surface area (Å²) in [5, 5.41) is 11.8. The van der Waals surface area contributed by atoms with E-state index in [-0.39, 0.29) is 24.7 Å². The predicted octanol–water partition coefficient (Wildman–Crippen LogP) is 1.39. The highest BCUT2D eigenvalue weighted by Gasteiger charge is 2.41. The molecule has 2 aliphatic rings. The first-order valence-electron chi connectivity index (χ1n) is 7.33. The number of carbonyl (C=O) groups excluding carboxylic acids is 1. The molecule has 2 heterocycles. The van der Waals surface area contributed by atoms with Crippen molar-refractivity contribution in [3.63, 3.8) is 0 Å². The van der Waals surface area contributed by atoms with Gasteiger partial charge in [-0.2, -0.15) is 0 Å². The zero-order valence-electron chi connectivity index (χ0n) is 12.1. The van der Waals surface area contributed by atoms with Crippen LogP contribution in [0.4, 0.5) is 0 Å². The van der Waals surface area contributed by atoms with Crippen LogP contribution in [0.5, 0.6) is 0 Å². The second-order valence-electron chi connectivity index (χ2n) is 5.74. The molecular formula is C17H19NO3. The smallest absolute Gasteiger partial charge is 0.251 e. The van der Waals surface area contributed by atoms with E-state index in [4.69, 9.17) is 9.84 Å². The number of rotatable bonds is 2. The average molecular weight is 285 g/mol. The van der Waals surface area contributed by atoms with Gasteiger partial charge in [0.25, 0.3) is 5.91 Å². The van der Waals surface area contributed by atoms with E-state index in [1.165, 1.54) is 0 Å². The lowest BCUT2D eigenvalue weighted by Gasteiger charge is -2.20. The maximum absolute atomic E-state index is 12.4. The van der Waals surface area contributed by atoms with Crippen molar-refractivity contribution in [3.8, 4) is 11.8 Å². The topological polar surface area (TPSA) is 58.6 Å². The summed E-state index contributed by atoms with van der Waals surface area (Å²) in [6.07, 6.45) is 3.57. The highest BCUT2D eigenvalue weighted by Crippen LogP contribution is 2.34. The molecule has 1 amide bonds. The first kappa shape index (κ1) is 14.1. The predicted molar refractivity (Wildman–Crippen MR) is 78.9 cm³/mol. The summed E-state index contributed by atoms with van der Waals surface area (Å²) in [6.45, 7) is 1.75. The monoisotopic (exact) mass is 285 g/mol. The fourth-order valence-corrected chi connectivity index (χ4v) is 3.17. The number of carbonyl (C=O) groups is 1. The van der Waals surface area contributed by atoms with Gasteiger partial charge in [0, 0.05) is 11.1 Å². The van der Waals surface area contributed by atoms with Crippen LogP contribution >= 0.6 is 0 Å². The number of amides is 1. The maximum Gasteiger partial charge on any atom is 0.251 e. The Morgan fingerprint density at radius 1 is 1.43 bits per heavy atom. The first-order valence-corrected chi connectivity index (χ1v) is 7.33. The van der Waals surface area contributed by atoms with Crippen LogP contribution in [0.2, 0.25) is 0 Å². The van der Waals surface area contributed by atoms with Crippen molar-refractivity contribution in [2.24, 2.45) is 0 Å². The van der Waals surface area contributed by atoms with Crippen LogP contribution in [0.25, 0.3) is 0 Å². The minimum Gasteiger partial charge on any atom is -0.384 e. The van der Waals surface area contributed by atoms with Gasteiger partial charge in [0.05, 0.1) is 18.2 Å². The first-order chi connectivity index (χ1) is 10.2. The molecule has 2 fully saturated rings. The summed E-state index contributed by atoms with van der Waals surface area (Å²) < 4.78 is 5.76. The Morgan fingerprint density at radius 2 is 2.29 bits per heavy atom. The molecular weight excluding hydrogens is 266 g/mol. The number of hydrogen-bond acceptors (Lipinski definition) is 3. The Balaban J connectivity index is 1.73. The second-order valence-corrected chi connectivity index (χ2v) is 5.74. The molecule has 3 atom stereocenters. The Morgan fingerprint density at radius 3 is 2.95 bits per heavy atom. The number of fused-ring (bicyclic) bond motifs is 2. The second kappa shape index (κ2) is 5.88. The molecule has 0 saturated carbocycles. The van der Waals surface area contributed by atoms with Gasteiger partial charge >= 0.3 is 0 Å². The highest BCUT2D eigenvalue weighted by atomic mass is 16.5. The lowest BCUT2D eigenvalue weighted by atomic mass is 9.95. The third kappa shape index (κ3) is 3.10. The molecule has 1 aromatic carbocycles. The number of nitrogens with one attached hydrogen (secondary N) is 1. The number of ether oxygens (including phenoxy) is 1.